The molecule has 4 rings (SSSR count). The lowest BCUT2D eigenvalue weighted by atomic mass is 9.85. The monoisotopic (exact) mass is 303 g/mol. The summed E-state index contributed by atoms with van der Waals surface area (Å²) in [6, 6.07) is 0. The van der Waals surface area contributed by atoms with E-state index in [1.54, 1.807) is 0 Å². The third-order valence-electron chi connectivity index (χ3n) is 5.30. The molecule has 22 heavy (non-hydrogen) atoms. The van der Waals surface area contributed by atoms with Gasteiger partial charge in [-0.3, -0.25) is 0 Å². The summed E-state index contributed by atoms with van der Waals surface area (Å²) in [5.74, 6) is 0.0598. The zero-order valence-electron chi connectivity index (χ0n) is 12.9. The Labute approximate surface area is 129 Å². The van der Waals surface area contributed by atoms with Gasteiger partial charge in [-0.05, 0) is 57.3 Å². The summed E-state index contributed by atoms with van der Waals surface area (Å²) in [6.45, 7) is 2.01. The Balaban J connectivity index is 1.86. The Morgan fingerprint density at radius 3 is 2.86 bits per heavy atom. The number of halogens is 1. The molecular weight excluding hydrogens is 281 g/mol. The van der Waals surface area contributed by atoms with Gasteiger partial charge in [-0.1, -0.05) is 0 Å². The summed E-state index contributed by atoms with van der Waals surface area (Å²) in [4.78, 5) is 9.91. The highest BCUT2D eigenvalue weighted by Crippen LogP contribution is 2.38. The molecule has 118 valence electrons. The van der Waals surface area contributed by atoms with Gasteiger partial charge in [0.2, 0.25) is 0 Å². The number of H-pyrrole nitrogens is 1. The molecule has 1 aliphatic heterocycles. The van der Waals surface area contributed by atoms with Gasteiger partial charge < -0.3 is 15.0 Å². The molecule has 1 fully saturated rings. The number of fused-ring (bicyclic) bond motifs is 3. The lowest BCUT2D eigenvalue weighted by molar-refractivity contribution is 0.158. The number of aromatic amines is 1. The second-order valence-corrected chi connectivity index (χ2v) is 6.80. The molecule has 2 aromatic heterocycles. The van der Waals surface area contributed by atoms with Crippen molar-refractivity contribution in [2.75, 3.05) is 20.1 Å². The average Bonchev–Trinajstić information content (AvgIpc) is 2.86. The van der Waals surface area contributed by atoms with Crippen LogP contribution >= 0.6 is 0 Å². The number of hydrogen-bond acceptors (Lipinski definition) is 3. The standard InChI is InChI=1S/C17H22FN3O/c1-21-6-4-10(5-7-21)15-13(18)9-19-17-16(15)12-8-11(22)2-3-14(12)20-17/h9-11,22H,2-8H2,1H3,(H,19,20). The van der Waals surface area contributed by atoms with E-state index in [1.165, 1.54) is 6.20 Å². The van der Waals surface area contributed by atoms with Gasteiger partial charge in [-0.2, -0.15) is 0 Å². The fourth-order valence-corrected chi connectivity index (χ4v) is 4.06. The van der Waals surface area contributed by atoms with E-state index in [9.17, 15) is 9.50 Å². The number of aliphatic hydroxyl groups is 1. The number of piperidine rings is 1. The first-order chi connectivity index (χ1) is 10.6. The van der Waals surface area contributed by atoms with Crippen LogP contribution in [0.1, 0.15) is 42.0 Å². The zero-order chi connectivity index (χ0) is 15.3. The first kappa shape index (κ1) is 14.2. The largest absolute Gasteiger partial charge is 0.393 e. The molecule has 0 bridgehead atoms. The van der Waals surface area contributed by atoms with Crippen molar-refractivity contribution < 1.29 is 9.50 Å². The van der Waals surface area contributed by atoms with Crippen molar-refractivity contribution in [3.05, 3.63) is 28.8 Å². The molecule has 0 spiro atoms. The maximum Gasteiger partial charge on any atom is 0.145 e. The number of nitrogens with one attached hydrogen (secondary N) is 1. The molecular formula is C17H22FN3O. The van der Waals surface area contributed by atoms with Crippen molar-refractivity contribution in [1.29, 1.82) is 0 Å². The Morgan fingerprint density at radius 1 is 1.32 bits per heavy atom. The Morgan fingerprint density at radius 2 is 2.09 bits per heavy atom. The molecule has 0 amide bonds. The normalized spacial score (nSPS) is 23.9. The second kappa shape index (κ2) is 5.32. The number of pyridine rings is 1. The van der Waals surface area contributed by atoms with Crippen LogP contribution in [0.5, 0.6) is 0 Å². The fourth-order valence-electron chi connectivity index (χ4n) is 4.06. The quantitative estimate of drug-likeness (QED) is 0.850. The highest BCUT2D eigenvalue weighted by Gasteiger charge is 2.29. The van der Waals surface area contributed by atoms with Gasteiger partial charge in [0, 0.05) is 23.1 Å². The number of aryl methyl sites for hydroxylation is 1. The Bertz CT molecular complexity index is 703. The first-order valence-electron chi connectivity index (χ1n) is 8.18. The smallest absolute Gasteiger partial charge is 0.145 e. The van der Waals surface area contributed by atoms with Crippen LogP contribution in [0.2, 0.25) is 0 Å². The fraction of sp³-hybridized carbons (Fsp3) is 0.588. The van der Waals surface area contributed by atoms with Crippen LogP contribution in [0.25, 0.3) is 11.0 Å². The van der Waals surface area contributed by atoms with Crippen molar-refractivity contribution in [3.63, 3.8) is 0 Å². The van der Waals surface area contributed by atoms with Gasteiger partial charge in [0.25, 0.3) is 0 Å². The van der Waals surface area contributed by atoms with Gasteiger partial charge >= 0.3 is 0 Å². The number of likely N-dealkylation sites (tertiary alicyclic amines) is 1. The predicted octanol–water partition coefficient (Wildman–Crippen LogP) is 2.36. The van der Waals surface area contributed by atoms with Crippen LogP contribution in [0.4, 0.5) is 4.39 Å². The number of aliphatic hydroxyl groups excluding tert-OH is 1. The molecule has 2 N–H and O–H groups in total. The third-order valence-corrected chi connectivity index (χ3v) is 5.30. The molecule has 0 saturated carbocycles. The van der Waals surface area contributed by atoms with E-state index >= 15 is 0 Å². The van der Waals surface area contributed by atoms with Crippen LogP contribution in [0.15, 0.2) is 6.20 Å². The number of aromatic nitrogens is 2. The van der Waals surface area contributed by atoms with Crippen molar-refractivity contribution in [1.82, 2.24) is 14.9 Å². The zero-order valence-corrected chi connectivity index (χ0v) is 12.9. The summed E-state index contributed by atoms with van der Waals surface area (Å²) in [6.07, 6.45) is 5.20. The Hall–Kier alpha value is -1.46. The summed E-state index contributed by atoms with van der Waals surface area (Å²) in [7, 11) is 2.11. The van der Waals surface area contributed by atoms with Crippen molar-refractivity contribution >= 4 is 11.0 Å². The van der Waals surface area contributed by atoms with E-state index in [0.29, 0.717) is 6.42 Å². The molecule has 3 heterocycles. The van der Waals surface area contributed by atoms with Gasteiger partial charge in [-0.15, -0.1) is 0 Å². The van der Waals surface area contributed by atoms with Gasteiger partial charge in [0.1, 0.15) is 11.5 Å². The van der Waals surface area contributed by atoms with Crippen LogP contribution in [0.3, 0.4) is 0 Å². The molecule has 1 unspecified atom stereocenters. The first-order valence-corrected chi connectivity index (χ1v) is 8.18. The van der Waals surface area contributed by atoms with Gasteiger partial charge in [-0.25, -0.2) is 9.37 Å². The minimum absolute atomic E-state index is 0.191. The van der Waals surface area contributed by atoms with E-state index in [2.05, 4.69) is 21.9 Å². The van der Waals surface area contributed by atoms with E-state index in [1.807, 2.05) is 0 Å². The molecule has 1 saturated heterocycles. The highest BCUT2D eigenvalue weighted by atomic mass is 19.1. The summed E-state index contributed by atoms with van der Waals surface area (Å²) in [5.41, 5.74) is 3.83. The summed E-state index contributed by atoms with van der Waals surface area (Å²) in [5, 5.41) is 11.0. The van der Waals surface area contributed by atoms with Crippen molar-refractivity contribution in [2.24, 2.45) is 0 Å². The molecule has 1 atom stereocenters. The van der Waals surface area contributed by atoms with Crippen LogP contribution < -0.4 is 0 Å². The van der Waals surface area contributed by atoms with E-state index < -0.39 is 0 Å². The molecule has 5 heteroatoms. The average molecular weight is 303 g/mol. The second-order valence-electron chi connectivity index (χ2n) is 6.80. The van der Waals surface area contributed by atoms with Gasteiger partial charge in [0.15, 0.2) is 0 Å². The van der Waals surface area contributed by atoms with Crippen LogP contribution in [-0.4, -0.2) is 46.2 Å². The predicted molar refractivity (Wildman–Crippen MR) is 83.6 cm³/mol. The summed E-state index contributed by atoms with van der Waals surface area (Å²) < 4.78 is 14.6. The van der Waals surface area contributed by atoms with Crippen LogP contribution in [0, 0.1) is 5.82 Å². The van der Waals surface area contributed by atoms with Gasteiger partial charge in [0.05, 0.1) is 12.3 Å². The molecule has 0 radical (unpaired) electrons. The topological polar surface area (TPSA) is 52.2 Å². The molecule has 2 aliphatic rings. The Kier molecular flexibility index (Phi) is 3.42. The lowest BCUT2D eigenvalue weighted by Gasteiger charge is -2.30. The number of nitrogens with zero attached hydrogens (tertiary/aromatic N) is 2. The summed E-state index contributed by atoms with van der Waals surface area (Å²) >= 11 is 0. The molecule has 4 nitrogen and oxygen atoms in total. The minimum Gasteiger partial charge on any atom is -0.393 e. The molecule has 1 aliphatic carbocycles. The van der Waals surface area contributed by atoms with E-state index in [4.69, 9.17) is 0 Å². The maximum absolute atomic E-state index is 14.6. The minimum atomic E-state index is -0.319. The number of rotatable bonds is 1. The maximum atomic E-state index is 14.6. The molecule has 0 aromatic carbocycles. The van der Waals surface area contributed by atoms with E-state index in [0.717, 1.165) is 66.6 Å². The molecule has 2 aromatic rings. The van der Waals surface area contributed by atoms with Crippen molar-refractivity contribution in [2.45, 2.75) is 44.1 Å². The third kappa shape index (κ3) is 2.23. The SMILES string of the molecule is CN1CCC(c2c(F)cnc3[nH]c4c(c23)CC(O)CC4)CC1. The highest BCUT2D eigenvalue weighted by molar-refractivity contribution is 5.86. The van der Waals surface area contributed by atoms with E-state index in [-0.39, 0.29) is 17.8 Å². The number of hydrogen-bond donors (Lipinski definition) is 2. The van der Waals surface area contributed by atoms with Crippen LogP contribution in [-0.2, 0) is 12.8 Å². The van der Waals surface area contributed by atoms with Crippen molar-refractivity contribution in [3.8, 4) is 0 Å². The lowest BCUT2D eigenvalue weighted by Crippen LogP contribution is -2.29.